The maximum atomic E-state index is 8.93. The molecule has 1 aromatic rings. The second-order valence-corrected chi connectivity index (χ2v) is 3.84. The van der Waals surface area contributed by atoms with E-state index in [9.17, 15) is 0 Å². The van der Waals surface area contributed by atoms with Gasteiger partial charge in [0.2, 0.25) is 0 Å². The molecular formula is C11H16O3S. The maximum absolute atomic E-state index is 8.93. The van der Waals surface area contributed by atoms with Crippen LogP contribution in [0.2, 0.25) is 0 Å². The van der Waals surface area contributed by atoms with Gasteiger partial charge in [-0.2, -0.15) is 0 Å². The molecule has 0 saturated carbocycles. The number of aliphatic hydroxyl groups is 1. The van der Waals surface area contributed by atoms with Gasteiger partial charge >= 0.3 is 0 Å². The molecule has 0 unspecified atom stereocenters. The molecule has 84 valence electrons. The molecule has 0 amide bonds. The Balaban J connectivity index is 3.15. The molecule has 0 saturated heterocycles. The van der Waals surface area contributed by atoms with Gasteiger partial charge < -0.3 is 14.6 Å². The lowest BCUT2D eigenvalue weighted by Gasteiger charge is -2.12. The topological polar surface area (TPSA) is 38.7 Å². The lowest BCUT2D eigenvalue weighted by Crippen LogP contribution is -1.98. The van der Waals surface area contributed by atoms with Gasteiger partial charge in [0, 0.05) is 12.2 Å². The van der Waals surface area contributed by atoms with Crippen molar-refractivity contribution >= 4 is 11.8 Å². The van der Waals surface area contributed by atoms with Crippen molar-refractivity contribution in [2.45, 2.75) is 11.3 Å². The summed E-state index contributed by atoms with van der Waals surface area (Å²) in [6, 6.07) is 3.86. The van der Waals surface area contributed by atoms with Gasteiger partial charge in [-0.05, 0) is 24.8 Å². The van der Waals surface area contributed by atoms with Crippen LogP contribution in [0.4, 0.5) is 0 Å². The van der Waals surface area contributed by atoms with Crippen molar-refractivity contribution in [2.24, 2.45) is 0 Å². The van der Waals surface area contributed by atoms with Crippen molar-refractivity contribution in [3.05, 3.63) is 17.7 Å². The number of benzene rings is 1. The van der Waals surface area contributed by atoms with E-state index >= 15 is 0 Å². The van der Waals surface area contributed by atoms with E-state index in [1.807, 2.05) is 18.4 Å². The summed E-state index contributed by atoms with van der Waals surface area (Å²) in [4.78, 5) is 1.04. The Morgan fingerprint density at radius 2 is 1.87 bits per heavy atom. The predicted molar refractivity (Wildman–Crippen MR) is 62.1 cm³/mol. The number of hydrogen-bond donors (Lipinski definition) is 1. The van der Waals surface area contributed by atoms with E-state index in [1.54, 1.807) is 26.0 Å². The fourth-order valence-electron chi connectivity index (χ4n) is 1.41. The third kappa shape index (κ3) is 2.79. The van der Waals surface area contributed by atoms with Crippen molar-refractivity contribution < 1.29 is 14.6 Å². The summed E-state index contributed by atoms with van der Waals surface area (Å²) in [5.41, 5.74) is 0.967. The van der Waals surface area contributed by atoms with Crippen LogP contribution in [0.3, 0.4) is 0 Å². The second kappa shape index (κ2) is 5.88. The summed E-state index contributed by atoms with van der Waals surface area (Å²) in [5, 5.41) is 8.93. The van der Waals surface area contributed by atoms with E-state index in [0.717, 1.165) is 22.0 Å². The van der Waals surface area contributed by atoms with Gasteiger partial charge in [-0.25, -0.2) is 0 Å². The van der Waals surface area contributed by atoms with Crippen molar-refractivity contribution in [3.63, 3.8) is 0 Å². The highest BCUT2D eigenvalue weighted by molar-refractivity contribution is 7.98. The molecule has 3 nitrogen and oxygen atoms in total. The van der Waals surface area contributed by atoms with Crippen molar-refractivity contribution in [1.82, 2.24) is 0 Å². The molecule has 0 heterocycles. The van der Waals surface area contributed by atoms with Gasteiger partial charge in [0.25, 0.3) is 0 Å². The Hall–Kier alpha value is -0.870. The average Bonchev–Trinajstić information content (AvgIpc) is 2.28. The standard InChI is InChI=1S/C11H16O3S/c1-13-9-7-11(15-3)10(14-2)6-8(9)4-5-12/h6-7,12H,4-5H2,1-3H3. The minimum absolute atomic E-state index is 0.109. The number of ether oxygens (including phenoxy) is 2. The molecule has 15 heavy (non-hydrogen) atoms. The quantitative estimate of drug-likeness (QED) is 0.782. The number of rotatable bonds is 5. The molecule has 0 atom stereocenters. The van der Waals surface area contributed by atoms with Gasteiger partial charge in [0.15, 0.2) is 0 Å². The van der Waals surface area contributed by atoms with Crippen LogP contribution in [-0.2, 0) is 6.42 Å². The predicted octanol–water partition coefficient (Wildman–Crippen LogP) is 1.96. The molecule has 1 aromatic carbocycles. The number of thioether (sulfide) groups is 1. The van der Waals surface area contributed by atoms with Gasteiger partial charge in [-0.1, -0.05) is 0 Å². The van der Waals surface area contributed by atoms with Gasteiger partial charge in [0.05, 0.1) is 19.1 Å². The molecule has 0 bridgehead atoms. The zero-order valence-corrected chi connectivity index (χ0v) is 10.1. The summed E-state index contributed by atoms with van der Waals surface area (Å²) in [6.45, 7) is 0.109. The Bertz CT molecular complexity index is 326. The van der Waals surface area contributed by atoms with E-state index in [2.05, 4.69) is 0 Å². The highest BCUT2D eigenvalue weighted by Crippen LogP contribution is 2.34. The van der Waals surface area contributed by atoms with Crippen LogP contribution in [0.25, 0.3) is 0 Å². The maximum Gasteiger partial charge on any atom is 0.132 e. The lowest BCUT2D eigenvalue weighted by molar-refractivity contribution is 0.296. The molecule has 1 N–H and O–H groups in total. The minimum atomic E-state index is 0.109. The summed E-state index contributed by atoms with van der Waals surface area (Å²) >= 11 is 1.61. The van der Waals surface area contributed by atoms with E-state index < -0.39 is 0 Å². The zero-order chi connectivity index (χ0) is 11.3. The van der Waals surface area contributed by atoms with Crippen LogP contribution in [0.1, 0.15) is 5.56 Å². The van der Waals surface area contributed by atoms with Crippen molar-refractivity contribution in [3.8, 4) is 11.5 Å². The van der Waals surface area contributed by atoms with Crippen molar-refractivity contribution in [1.29, 1.82) is 0 Å². The van der Waals surface area contributed by atoms with Gasteiger partial charge in [0.1, 0.15) is 11.5 Å². The molecule has 0 aliphatic rings. The SMILES string of the molecule is COc1cc(SC)c(OC)cc1CCO. The zero-order valence-electron chi connectivity index (χ0n) is 9.24. The fourth-order valence-corrected chi connectivity index (χ4v) is 1.98. The first kappa shape index (κ1) is 12.2. The fraction of sp³-hybridized carbons (Fsp3) is 0.455. The Labute approximate surface area is 94.4 Å². The molecule has 4 heteroatoms. The first-order valence-corrected chi connectivity index (χ1v) is 5.89. The van der Waals surface area contributed by atoms with Crippen molar-refractivity contribution in [2.75, 3.05) is 27.1 Å². The first-order valence-electron chi connectivity index (χ1n) is 4.66. The summed E-state index contributed by atoms with van der Waals surface area (Å²) in [7, 11) is 3.27. The first-order chi connectivity index (χ1) is 7.26. The normalized spacial score (nSPS) is 10.1. The van der Waals surface area contributed by atoms with Crippen LogP contribution in [0, 0.1) is 0 Å². The summed E-state index contributed by atoms with van der Waals surface area (Å²) in [5.74, 6) is 1.63. The third-order valence-corrected chi connectivity index (χ3v) is 2.93. The highest BCUT2D eigenvalue weighted by Gasteiger charge is 2.09. The second-order valence-electron chi connectivity index (χ2n) is 2.99. The monoisotopic (exact) mass is 228 g/mol. The number of aliphatic hydroxyl groups excluding tert-OH is 1. The van der Waals surface area contributed by atoms with Gasteiger partial charge in [-0.3, -0.25) is 0 Å². The van der Waals surface area contributed by atoms with E-state index in [0.29, 0.717) is 6.42 Å². The highest BCUT2D eigenvalue weighted by atomic mass is 32.2. The largest absolute Gasteiger partial charge is 0.496 e. The van der Waals surface area contributed by atoms with E-state index in [-0.39, 0.29) is 6.61 Å². The lowest BCUT2D eigenvalue weighted by atomic mass is 10.1. The molecule has 0 aromatic heterocycles. The molecule has 0 aliphatic heterocycles. The van der Waals surface area contributed by atoms with Crippen LogP contribution in [0.5, 0.6) is 11.5 Å². The third-order valence-electron chi connectivity index (χ3n) is 2.17. The summed E-state index contributed by atoms with van der Waals surface area (Å²) in [6.07, 6.45) is 2.57. The van der Waals surface area contributed by atoms with Crippen LogP contribution >= 0.6 is 11.8 Å². The molecule has 0 spiro atoms. The number of methoxy groups -OCH3 is 2. The molecule has 0 radical (unpaired) electrons. The van der Waals surface area contributed by atoms with E-state index in [1.165, 1.54) is 0 Å². The van der Waals surface area contributed by atoms with E-state index in [4.69, 9.17) is 14.6 Å². The molecule has 1 rings (SSSR count). The number of hydrogen-bond acceptors (Lipinski definition) is 4. The smallest absolute Gasteiger partial charge is 0.132 e. The molecule has 0 aliphatic carbocycles. The summed E-state index contributed by atoms with van der Waals surface area (Å²) < 4.78 is 10.5. The average molecular weight is 228 g/mol. The van der Waals surface area contributed by atoms with Crippen LogP contribution in [-0.4, -0.2) is 32.2 Å². The minimum Gasteiger partial charge on any atom is -0.496 e. The van der Waals surface area contributed by atoms with Crippen LogP contribution in [0.15, 0.2) is 17.0 Å². The Morgan fingerprint density at radius 1 is 1.20 bits per heavy atom. The Morgan fingerprint density at radius 3 is 2.33 bits per heavy atom. The van der Waals surface area contributed by atoms with Crippen LogP contribution < -0.4 is 9.47 Å². The Kier molecular flexibility index (Phi) is 4.78. The van der Waals surface area contributed by atoms with Gasteiger partial charge in [-0.15, -0.1) is 11.8 Å². The molecule has 0 fully saturated rings. The molecular weight excluding hydrogens is 212 g/mol.